The molecule has 0 bridgehead atoms. The van der Waals surface area contributed by atoms with Crippen molar-refractivity contribution in [3.63, 3.8) is 0 Å². The van der Waals surface area contributed by atoms with Gasteiger partial charge in [-0.2, -0.15) is 0 Å². The van der Waals surface area contributed by atoms with Crippen LogP contribution in [0.1, 0.15) is 36.8 Å². The van der Waals surface area contributed by atoms with E-state index in [2.05, 4.69) is 0 Å². The standard InChI is InChI=1S/C24H27ClN2O4S2/c1-17-13-19(25)14-21-23(17)26-24(32-21)27(15-20-9-5-11-31-20)22(28)10-6-12-33(29,30)16-18-7-3-2-4-8-18/h2-4,7-8,13-14,20H,5-6,9-12,15-16H2,1H3. The summed E-state index contributed by atoms with van der Waals surface area (Å²) in [5.74, 6) is -0.182. The number of rotatable bonds is 9. The lowest BCUT2D eigenvalue weighted by Crippen LogP contribution is -2.37. The van der Waals surface area contributed by atoms with Crippen LogP contribution in [0.25, 0.3) is 10.2 Å². The predicted molar refractivity (Wildman–Crippen MR) is 134 cm³/mol. The molecule has 9 heteroatoms. The maximum atomic E-state index is 13.2. The van der Waals surface area contributed by atoms with Gasteiger partial charge in [-0.25, -0.2) is 13.4 Å². The number of carbonyl (C=O) groups excluding carboxylic acids is 1. The molecule has 3 aromatic rings. The van der Waals surface area contributed by atoms with E-state index in [0.29, 0.717) is 23.3 Å². The number of anilines is 1. The van der Waals surface area contributed by atoms with E-state index in [0.717, 1.165) is 34.2 Å². The van der Waals surface area contributed by atoms with Crippen molar-refractivity contribution in [3.8, 4) is 0 Å². The van der Waals surface area contributed by atoms with Gasteiger partial charge < -0.3 is 4.74 Å². The number of halogens is 1. The number of sulfone groups is 1. The number of aryl methyl sites for hydroxylation is 1. The molecule has 1 atom stereocenters. The molecule has 0 saturated carbocycles. The van der Waals surface area contributed by atoms with Gasteiger partial charge in [-0.1, -0.05) is 53.3 Å². The molecule has 6 nitrogen and oxygen atoms in total. The van der Waals surface area contributed by atoms with Gasteiger partial charge in [0.2, 0.25) is 5.91 Å². The van der Waals surface area contributed by atoms with Crippen LogP contribution < -0.4 is 4.90 Å². The Kier molecular flexibility index (Phi) is 7.69. The van der Waals surface area contributed by atoms with Gasteiger partial charge in [-0.05, 0) is 49.4 Å². The molecule has 0 radical (unpaired) electrons. The lowest BCUT2D eigenvalue weighted by molar-refractivity contribution is -0.119. The maximum absolute atomic E-state index is 13.2. The van der Waals surface area contributed by atoms with E-state index in [-0.39, 0.29) is 36.4 Å². The number of benzene rings is 2. The van der Waals surface area contributed by atoms with E-state index in [1.165, 1.54) is 11.3 Å². The highest BCUT2D eigenvalue weighted by Gasteiger charge is 2.26. The molecule has 1 saturated heterocycles. The van der Waals surface area contributed by atoms with Crippen molar-refractivity contribution >= 4 is 54.0 Å². The third-order valence-corrected chi connectivity index (χ3v) is 8.58. The number of thiazole rings is 1. The van der Waals surface area contributed by atoms with Crippen molar-refractivity contribution in [2.75, 3.05) is 23.8 Å². The summed E-state index contributed by atoms with van der Waals surface area (Å²) in [6, 6.07) is 12.8. The van der Waals surface area contributed by atoms with Crippen LogP contribution in [0.4, 0.5) is 5.13 Å². The molecule has 0 spiro atoms. The molecule has 0 aliphatic carbocycles. The fraction of sp³-hybridized carbons (Fsp3) is 0.417. The summed E-state index contributed by atoms with van der Waals surface area (Å²) >= 11 is 7.63. The van der Waals surface area contributed by atoms with Crippen LogP contribution in [-0.4, -0.2) is 44.3 Å². The molecule has 0 N–H and O–H groups in total. The van der Waals surface area contributed by atoms with Crippen LogP contribution in [0.5, 0.6) is 0 Å². The van der Waals surface area contributed by atoms with Crippen molar-refractivity contribution in [2.24, 2.45) is 0 Å². The zero-order valence-corrected chi connectivity index (χ0v) is 20.9. The second-order valence-electron chi connectivity index (χ2n) is 8.39. The van der Waals surface area contributed by atoms with Gasteiger partial charge in [0.25, 0.3) is 0 Å². The van der Waals surface area contributed by atoms with Crippen molar-refractivity contribution in [1.29, 1.82) is 0 Å². The fourth-order valence-electron chi connectivity index (χ4n) is 4.02. The highest BCUT2D eigenvalue weighted by atomic mass is 35.5. The van der Waals surface area contributed by atoms with Gasteiger partial charge in [0.15, 0.2) is 15.0 Å². The first-order valence-corrected chi connectivity index (χ1v) is 14.1. The molecular formula is C24H27ClN2O4S2. The fourth-order valence-corrected chi connectivity index (χ4v) is 6.89. The van der Waals surface area contributed by atoms with E-state index in [1.807, 2.05) is 37.3 Å². The quantitative estimate of drug-likeness (QED) is 0.400. The topological polar surface area (TPSA) is 76.6 Å². The molecule has 2 aromatic carbocycles. The monoisotopic (exact) mass is 506 g/mol. The Labute approximate surface area is 203 Å². The zero-order chi connectivity index (χ0) is 23.4. The third-order valence-electron chi connectivity index (χ3n) is 5.66. The first-order valence-electron chi connectivity index (χ1n) is 11.0. The average Bonchev–Trinajstić information content (AvgIpc) is 3.42. The first kappa shape index (κ1) is 24.1. The summed E-state index contributed by atoms with van der Waals surface area (Å²) < 4.78 is 31.7. The Hall–Kier alpha value is -2.00. The number of fused-ring (bicyclic) bond motifs is 1. The molecule has 1 aliphatic heterocycles. The van der Waals surface area contributed by atoms with E-state index in [4.69, 9.17) is 21.3 Å². The Morgan fingerprint density at radius 1 is 1.27 bits per heavy atom. The van der Waals surface area contributed by atoms with Crippen LogP contribution in [0.2, 0.25) is 5.02 Å². The molecule has 1 unspecified atom stereocenters. The van der Waals surface area contributed by atoms with Gasteiger partial charge in [-0.3, -0.25) is 9.69 Å². The molecule has 1 aromatic heterocycles. The van der Waals surface area contributed by atoms with Crippen LogP contribution in [-0.2, 0) is 25.1 Å². The third kappa shape index (κ3) is 6.32. The largest absolute Gasteiger partial charge is 0.376 e. The van der Waals surface area contributed by atoms with Crippen molar-refractivity contribution < 1.29 is 17.9 Å². The maximum Gasteiger partial charge on any atom is 0.228 e. The van der Waals surface area contributed by atoms with Gasteiger partial charge in [0.1, 0.15) is 0 Å². The molecule has 1 aliphatic rings. The molecule has 33 heavy (non-hydrogen) atoms. The summed E-state index contributed by atoms with van der Waals surface area (Å²) in [7, 11) is -3.30. The van der Waals surface area contributed by atoms with E-state index in [1.54, 1.807) is 17.0 Å². The Bertz CT molecular complexity index is 1220. The number of hydrogen-bond acceptors (Lipinski definition) is 6. The van der Waals surface area contributed by atoms with Crippen LogP contribution in [0, 0.1) is 6.92 Å². The molecular weight excluding hydrogens is 480 g/mol. The summed E-state index contributed by atoms with van der Waals surface area (Å²) in [6.07, 6.45) is 2.24. The highest BCUT2D eigenvalue weighted by Crippen LogP contribution is 2.34. The van der Waals surface area contributed by atoms with Gasteiger partial charge in [0.05, 0.1) is 34.4 Å². The number of nitrogens with zero attached hydrogens (tertiary/aromatic N) is 2. The normalized spacial score (nSPS) is 16.4. The Morgan fingerprint density at radius 3 is 2.79 bits per heavy atom. The first-order chi connectivity index (χ1) is 15.8. The molecule has 4 rings (SSSR count). The van der Waals surface area contributed by atoms with E-state index >= 15 is 0 Å². The smallest absolute Gasteiger partial charge is 0.228 e. The van der Waals surface area contributed by atoms with Crippen LogP contribution >= 0.6 is 22.9 Å². The highest BCUT2D eigenvalue weighted by molar-refractivity contribution is 7.90. The summed E-state index contributed by atoms with van der Waals surface area (Å²) in [5, 5.41) is 1.24. The summed E-state index contributed by atoms with van der Waals surface area (Å²) in [4.78, 5) is 19.6. The predicted octanol–water partition coefficient (Wildman–Crippen LogP) is 5.17. The minimum atomic E-state index is -3.30. The van der Waals surface area contributed by atoms with Crippen LogP contribution in [0.15, 0.2) is 42.5 Å². The van der Waals surface area contributed by atoms with Crippen molar-refractivity contribution in [3.05, 3.63) is 58.6 Å². The SMILES string of the molecule is Cc1cc(Cl)cc2sc(N(CC3CCCO3)C(=O)CCCS(=O)(=O)Cc3ccccc3)nc12. The van der Waals surface area contributed by atoms with Gasteiger partial charge >= 0.3 is 0 Å². The summed E-state index contributed by atoms with van der Waals surface area (Å²) in [6.45, 7) is 3.06. The Morgan fingerprint density at radius 2 is 2.06 bits per heavy atom. The van der Waals surface area contributed by atoms with E-state index < -0.39 is 9.84 Å². The van der Waals surface area contributed by atoms with Gasteiger partial charge in [0, 0.05) is 18.1 Å². The second kappa shape index (κ2) is 10.5. The molecule has 1 amide bonds. The van der Waals surface area contributed by atoms with Gasteiger partial charge in [-0.15, -0.1) is 0 Å². The molecule has 2 heterocycles. The lowest BCUT2D eigenvalue weighted by Gasteiger charge is -2.23. The molecule has 1 fully saturated rings. The minimum absolute atomic E-state index is 0.0143. The Balaban J connectivity index is 1.46. The number of aromatic nitrogens is 1. The summed E-state index contributed by atoms with van der Waals surface area (Å²) in [5.41, 5.74) is 2.54. The second-order valence-corrected chi connectivity index (χ2v) is 12.0. The zero-order valence-electron chi connectivity index (χ0n) is 18.5. The number of hydrogen-bond donors (Lipinski definition) is 0. The van der Waals surface area contributed by atoms with Crippen molar-refractivity contribution in [2.45, 2.75) is 44.5 Å². The van der Waals surface area contributed by atoms with Crippen molar-refractivity contribution in [1.82, 2.24) is 4.98 Å². The van der Waals surface area contributed by atoms with E-state index in [9.17, 15) is 13.2 Å². The number of amides is 1. The molecule has 176 valence electrons. The van der Waals surface area contributed by atoms with Crippen LogP contribution in [0.3, 0.4) is 0 Å². The average molecular weight is 507 g/mol. The lowest BCUT2D eigenvalue weighted by atomic mass is 10.2. The minimum Gasteiger partial charge on any atom is -0.376 e. The number of ether oxygens (including phenoxy) is 1. The number of carbonyl (C=O) groups is 1.